The summed E-state index contributed by atoms with van der Waals surface area (Å²) < 4.78 is 0. The van der Waals surface area contributed by atoms with Crippen molar-refractivity contribution < 1.29 is 9.59 Å². The molecule has 3 rings (SSSR count). The molecule has 1 N–H and O–H groups in total. The van der Waals surface area contributed by atoms with Crippen LogP contribution in [0.15, 0.2) is 42.5 Å². The Morgan fingerprint density at radius 1 is 1.16 bits per heavy atom. The van der Waals surface area contributed by atoms with E-state index in [9.17, 15) is 9.59 Å². The molecule has 1 heterocycles. The summed E-state index contributed by atoms with van der Waals surface area (Å²) in [5.74, 6) is 0.169. The molecule has 4 nitrogen and oxygen atoms in total. The lowest BCUT2D eigenvalue weighted by atomic mass is 10.0. The van der Waals surface area contributed by atoms with E-state index in [1.807, 2.05) is 43.3 Å². The number of fused-ring (bicyclic) bond motifs is 1. The normalized spacial score (nSPS) is 13.3. The van der Waals surface area contributed by atoms with Crippen LogP contribution in [0.3, 0.4) is 0 Å². The van der Waals surface area contributed by atoms with Crippen LogP contribution >= 0.6 is 0 Å². The van der Waals surface area contributed by atoms with Crippen LogP contribution in [0.2, 0.25) is 0 Å². The maximum Gasteiger partial charge on any atom is 0.256 e. The molecule has 1 aliphatic heterocycles. The van der Waals surface area contributed by atoms with Crippen molar-refractivity contribution in [3.63, 3.8) is 0 Å². The first-order valence-corrected chi connectivity index (χ1v) is 8.83. The third-order valence-corrected chi connectivity index (χ3v) is 4.59. The Kier molecular flexibility index (Phi) is 4.88. The van der Waals surface area contributed by atoms with E-state index >= 15 is 0 Å². The predicted molar refractivity (Wildman–Crippen MR) is 100.0 cm³/mol. The van der Waals surface area contributed by atoms with E-state index in [1.54, 1.807) is 11.0 Å². The van der Waals surface area contributed by atoms with Crippen molar-refractivity contribution in [2.75, 3.05) is 11.9 Å². The van der Waals surface area contributed by atoms with Crippen LogP contribution in [0.1, 0.15) is 65.0 Å². The van der Waals surface area contributed by atoms with E-state index in [0.717, 1.165) is 17.7 Å². The molecular weight excluding hydrogens is 312 g/mol. The molecular formula is C21H24N2O2. The van der Waals surface area contributed by atoms with Crippen LogP contribution in [0.4, 0.5) is 5.69 Å². The first-order chi connectivity index (χ1) is 12.0. The number of carbonyl (C=O) groups is 2. The van der Waals surface area contributed by atoms with E-state index < -0.39 is 0 Å². The smallest absolute Gasteiger partial charge is 0.256 e. The molecule has 0 aromatic heterocycles. The zero-order valence-corrected chi connectivity index (χ0v) is 15.0. The van der Waals surface area contributed by atoms with E-state index in [-0.39, 0.29) is 11.8 Å². The van der Waals surface area contributed by atoms with Crippen LogP contribution in [0.5, 0.6) is 0 Å². The number of rotatable bonds is 5. The lowest BCUT2D eigenvalue weighted by Gasteiger charge is -2.14. The number of hydrogen-bond donors (Lipinski definition) is 1. The molecule has 0 aliphatic carbocycles. The number of nitrogens with zero attached hydrogens (tertiary/aromatic N) is 1. The lowest BCUT2D eigenvalue weighted by molar-refractivity contribution is 0.0774. The molecule has 0 radical (unpaired) electrons. The van der Waals surface area contributed by atoms with Gasteiger partial charge in [-0.2, -0.15) is 0 Å². The SMILES string of the molecule is CCCN1Cc2cccc(C(=O)Nc3ccc(C(C)C)cc3)c2C1=O. The molecule has 0 bridgehead atoms. The zero-order chi connectivity index (χ0) is 18.0. The van der Waals surface area contributed by atoms with Crippen molar-refractivity contribution in [1.29, 1.82) is 0 Å². The van der Waals surface area contributed by atoms with Gasteiger partial charge < -0.3 is 10.2 Å². The molecule has 0 atom stereocenters. The second-order valence-corrected chi connectivity index (χ2v) is 6.80. The molecule has 25 heavy (non-hydrogen) atoms. The minimum Gasteiger partial charge on any atom is -0.334 e. The molecule has 2 amide bonds. The van der Waals surface area contributed by atoms with Gasteiger partial charge in [0, 0.05) is 18.8 Å². The summed E-state index contributed by atoms with van der Waals surface area (Å²) in [7, 11) is 0. The minimum absolute atomic E-state index is 0.0437. The highest BCUT2D eigenvalue weighted by Crippen LogP contribution is 2.27. The fourth-order valence-electron chi connectivity index (χ4n) is 3.21. The maximum atomic E-state index is 12.7. The van der Waals surface area contributed by atoms with Gasteiger partial charge in [-0.15, -0.1) is 0 Å². The van der Waals surface area contributed by atoms with Crippen LogP contribution in [-0.4, -0.2) is 23.3 Å². The average molecular weight is 336 g/mol. The second-order valence-electron chi connectivity index (χ2n) is 6.80. The largest absolute Gasteiger partial charge is 0.334 e. The quantitative estimate of drug-likeness (QED) is 0.878. The first-order valence-electron chi connectivity index (χ1n) is 8.83. The van der Waals surface area contributed by atoms with Gasteiger partial charge in [-0.1, -0.05) is 45.0 Å². The fourth-order valence-corrected chi connectivity index (χ4v) is 3.21. The van der Waals surface area contributed by atoms with Crippen molar-refractivity contribution in [2.45, 2.75) is 39.7 Å². The Bertz CT molecular complexity index is 794. The second kappa shape index (κ2) is 7.09. The summed E-state index contributed by atoms with van der Waals surface area (Å²) in [6, 6.07) is 13.3. The summed E-state index contributed by atoms with van der Waals surface area (Å²) in [6.07, 6.45) is 0.906. The summed E-state index contributed by atoms with van der Waals surface area (Å²) in [6.45, 7) is 7.62. The van der Waals surface area contributed by atoms with Crippen molar-refractivity contribution in [2.24, 2.45) is 0 Å². The molecule has 4 heteroatoms. The fraction of sp³-hybridized carbons (Fsp3) is 0.333. The Morgan fingerprint density at radius 3 is 2.52 bits per heavy atom. The number of hydrogen-bond acceptors (Lipinski definition) is 2. The number of carbonyl (C=O) groups excluding carboxylic acids is 2. The van der Waals surface area contributed by atoms with Crippen molar-refractivity contribution in [3.05, 3.63) is 64.7 Å². The topological polar surface area (TPSA) is 49.4 Å². The van der Waals surface area contributed by atoms with Crippen LogP contribution in [-0.2, 0) is 6.54 Å². The van der Waals surface area contributed by atoms with Gasteiger partial charge >= 0.3 is 0 Å². The van der Waals surface area contributed by atoms with Gasteiger partial charge in [0.2, 0.25) is 0 Å². The highest BCUT2D eigenvalue weighted by atomic mass is 16.2. The number of anilines is 1. The molecule has 0 unspecified atom stereocenters. The molecule has 0 saturated carbocycles. The van der Waals surface area contributed by atoms with Crippen LogP contribution in [0.25, 0.3) is 0 Å². The van der Waals surface area contributed by atoms with E-state index in [2.05, 4.69) is 19.2 Å². The number of benzene rings is 2. The predicted octanol–water partition coefficient (Wildman–Crippen LogP) is 4.43. The van der Waals surface area contributed by atoms with Crippen molar-refractivity contribution in [3.8, 4) is 0 Å². The zero-order valence-electron chi connectivity index (χ0n) is 15.0. The molecule has 0 saturated heterocycles. The summed E-state index contributed by atoms with van der Waals surface area (Å²) >= 11 is 0. The van der Waals surface area contributed by atoms with Gasteiger partial charge in [-0.3, -0.25) is 9.59 Å². The Balaban J connectivity index is 1.83. The molecule has 0 fully saturated rings. The third-order valence-electron chi connectivity index (χ3n) is 4.59. The molecule has 2 aromatic carbocycles. The summed E-state index contributed by atoms with van der Waals surface area (Å²) in [5, 5.41) is 2.91. The lowest BCUT2D eigenvalue weighted by Crippen LogP contribution is -2.26. The Labute approximate surface area is 148 Å². The average Bonchev–Trinajstić information content (AvgIpc) is 2.92. The van der Waals surface area contributed by atoms with Gasteiger partial charge in [0.25, 0.3) is 11.8 Å². The van der Waals surface area contributed by atoms with Gasteiger partial charge in [0.15, 0.2) is 0 Å². The third kappa shape index (κ3) is 3.43. The van der Waals surface area contributed by atoms with Gasteiger partial charge in [0.1, 0.15) is 0 Å². The number of nitrogens with one attached hydrogen (secondary N) is 1. The van der Waals surface area contributed by atoms with Crippen molar-refractivity contribution >= 4 is 17.5 Å². The monoisotopic (exact) mass is 336 g/mol. The van der Waals surface area contributed by atoms with E-state index in [1.165, 1.54) is 5.56 Å². The first kappa shape index (κ1) is 17.2. The van der Waals surface area contributed by atoms with Gasteiger partial charge in [-0.05, 0) is 41.7 Å². The molecule has 1 aliphatic rings. The van der Waals surface area contributed by atoms with Crippen molar-refractivity contribution in [1.82, 2.24) is 4.90 Å². The molecule has 0 spiro atoms. The highest BCUT2D eigenvalue weighted by molar-refractivity contribution is 6.13. The van der Waals surface area contributed by atoms with Crippen LogP contribution in [0, 0.1) is 0 Å². The number of amides is 2. The summed E-state index contributed by atoms with van der Waals surface area (Å²) in [4.78, 5) is 27.2. The standard InChI is InChI=1S/C21H24N2O2/c1-4-12-23-13-16-6-5-7-18(19(16)21(23)25)20(24)22-17-10-8-15(9-11-17)14(2)3/h5-11,14H,4,12-13H2,1-3H3,(H,22,24). The molecule has 2 aromatic rings. The van der Waals surface area contributed by atoms with Gasteiger partial charge in [-0.25, -0.2) is 0 Å². The van der Waals surface area contributed by atoms with Crippen LogP contribution < -0.4 is 5.32 Å². The summed E-state index contributed by atoms with van der Waals surface area (Å²) in [5.41, 5.74) is 3.90. The van der Waals surface area contributed by atoms with E-state index in [4.69, 9.17) is 0 Å². The Hall–Kier alpha value is -2.62. The maximum absolute atomic E-state index is 12.7. The highest BCUT2D eigenvalue weighted by Gasteiger charge is 2.31. The Morgan fingerprint density at radius 2 is 1.88 bits per heavy atom. The van der Waals surface area contributed by atoms with Gasteiger partial charge in [0.05, 0.1) is 11.1 Å². The van der Waals surface area contributed by atoms with E-state index in [0.29, 0.717) is 30.1 Å². The minimum atomic E-state index is -0.235. The molecule has 130 valence electrons.